The summed E-state index contributed by atoms with van der Waals surface area (Å²) < 4.78 is 5.13. The van der Waals surface area contributed by atoms with Gasteiger partial charge in [-0.3, -0.25) is 4.90 Å². The van der Waals surface area contributed by atoms with Crippen LogP contribution in [0.5, 0.6) is 0 Å². The molecule has 0 aliphatic carbocycles. The zero-order chi connectivity index (χ0) is 10.7. The third kappa shape index (κ3) is 2.10. The molecule has 2 aliphatic rings. The summed E-state index contributed by atoms with van der Waals surface area (Å²) in [7, 11) is 0. The van der Waals surface area contributed by atoms with E-state index in [1.54, 1.807) is 12.4 Å². The van der Waals surface area contributed by atoms with Crippen LogP contribution in [0.4, 0.5) is 4.79 Å². The Balaban J connectivity index is 2.01. The summed E-state index contributed by atoms with van der Waals surface area (Å²) >= 11 is 0. The van der Waals surface area contributed by atoms with Crippen molar-refractivity contribution in [2.75, 3.05) is 19.6 Å². The Morgan fingerprint density at radius 2 is 2.60 bits per heavy atom. The highest BCUT2D eigenvalue weighted by molar-refractivity contribution is 5.73. The lowest BCUT2D eigenvalue weighted by molar-refractivity contribution is 0.132. The Morgan fingerprint density at radius 1 is 1.73 bits per heavy atom. The summed E-state index contributed by atoms with van der Waals surface area (Å²) in [6.07, 6.45) is 3.67. The largest absolute Gasteiger partial charge is 0.444 e. The topological polar surface area (TPSA) is 80.0 Å². The van der Waals surface area contributed by atoms with Crippen LogP contribution in [0.3, 0.4) is 0 Å². The molecular weight excluding hydrogens is 196 g/mol. The van der Waals surface area contributed by atoms with E-state index in [9.17, 15) is 4.79 Å². The molecule has 1 atom stereocenters. The van der Waals surface area contributed by atoms with Crippen molar-refractivity contribution >= 4 is 12.3 Å². The first-order chi connectivity index (χ1) is 7.31. The third-order valence-electron chi connectivity index (χ3n) is 2.30. The minimum atomic E-state index is -0.347. The number of carbonyl (C=O) groups excluding carboxylic acids is 1. The van der Waals surface area contributed by atoms with Crippen LogP contribution in [0, 0.1) is 0 Å². The standard InChI is InChI=1S/C9H14N4O2/c10-2-1-7-6-13(9(14)15-7)8-5-11-3-4-12-8/h4-5,7,11H,1-3,6,10H2. The van der Waals surface area contributed by atoms with Crippen LogP contribution >= 0.6 is 0 Å². The molecule has 6 nitrogen and oxygen atoms in total. The van der Waals surface area contributed by atoms with Crippen LogP contribution in [0.15, 0.2) is 17.0 Å². The number of amides is 1. The maximum atomic E-state index is 11.5. The van der Waals surface area contributed by atoms with Gasteiger partial charge in [0.05, 0.1) is 6.54 Å². The second kappa shape index (κ2) is 4.31. The molecule has 1 amide bonds. The van der Waals surface area contributed by atoms with Gasteiger partial charge in [-0.2, -0.15) is 0 Å². The number of hydrogen-bond donors (Lipinski definition) is 2. The van der Waals surface area contributed by atoms with Crippen molar-refractivity contribution in [2.45, 2.75) is 12.5 Å². The fourth-order valence-corrected chi connectivity index (χ4v) is 1.57. The van der Waals surface area contributed by atoms with Crippen molar-refractivity contribution in [3.63, 3.8) is 0 Å². The van der Waals surface area contributed by atoms with E-state index in [-0.39, 0.29) is 12.2 Å². The fourth-order valence-electron chi connectivity index (χ4n) is 1.57. The van der Waals surface area contributed by atoms with Crippen LogP contribution in [0.2, 0.25) is 0 Å². The zero-order valence-electron chi connectivity index (χ0n) is 8.35. The van der Waals surface area contributed by atoms with Crippen molar-refractivity contribution in [1.29, 1.82) is 0 Å². The Morgan fingerprint density at radius 3 is 3.27 bits per heavy atom. The lowest BCUT2D eigenvalue weighted by Gasteiger charge is -2.15. The molecule has 0 spiro atoms. The van der Waals surface area contributed by atoms with Gasteiger partial charge in [0.15, 0.2) is 5.82 Å². The summed E-state index contributed by atoms with van der Waals surface area (Å²) in [5.74, 6) is 0.603. The normalized spacial score (nSPS) is 24.9. The van der Waals surface area contributed by atoms with E-state index in [1.807, 2.05) is 0 Å². The van der Waals surface area contributed by atoms with Gasteiger partial charge >= 0.3 is 6.09 Å². The van der Waals surface area contributed by atoms with E-state index >= 15 is 0 Å². The van der Waals surface area contributed by atoms with Crippen LogP contribution in [0.1, 0.15) is 6.42 Å². The number of rotatable bonds is 3. The first-order valence-corrected chi connectivity index (χ1v) is 4.95. The van der Waals surface area contributed by atoms with E-state index < -0.39 is 0 Å². The lowest BCUT2D eigenvalue weighted by Crippen LogP contribution is -2.28. The predicted octanol–water partition coefficient (Wildman–Crippen LogP) is -0.371. The third-order valence-corrected chi connectivity index (χ3v) is 2.30. The molecule has 0 aromatic carbocycles. The van der Waals surface area contributed by atoms with E-state index in [4.69, 9.17) is 10.5 Å². The molecule has 0 radical (unpaired) electrons. The number of aliphatic imine (C=N–C) groups is 1. The van der Waals surface area contributed by atoms with Crippen molar-refractivity contribution in [3.05, 3.63) is 12.0 Å². The van der Waals surface area contributed by atoms with Gasteiger partial charge in [0.2, 0.25) is 0 Å². The van der Waals surface area contributed by atoms with Crippen LogP contribution in [0.25, 0.3) is 0 Å². The smallest absolute Gasteiger partial charge is 0.415 e. The van der Waals surface area contributed by atoms with Crippen molar-refractivity contribution in [2.24, 2.45) is 10.7 Å². The van der Waals surface area contributed by atoms with Gasteiger partial charge in [-0.05, 0) is 13.0 Å². The summed E-state index contributed by atoms with van der Waals surface area (Å²) in [6.45, 7) is 1.74. The number of ether oxygens (including phenoxy) is 1. The Hall–Kier alpha value is -1.56. The van der Waals surface area contributed by atoms with Gasteiger partial charge < -0.3 is 15.8 Å². The minimum absolute atomic E-state index is 0.111. The van der Waals surface area contributed by atoms with Gasteiger partial charge in [0.25, 0.3) is 0 Å². The summed E-state index contributed by atoms with van der Waals surface area (Å²) in [5.41, 5.74) is 5.41. The first-order valence-electron chi connectivity index (χ1n) is 4.95. The van der Waals surface area contributed by atoms with Gasteiger partial charge in [-0.15, -0.1) is 0 Å². The molecule has 15 heavy (non-hydrogen) atoms. The number of nitrogens with one attached hydrogen (secondary N) is 1. The Labute approximate surface area is 87.8 Å². The molecule has 6 heteroatoms. The number of cyclic esters (lactones) is 1. The van der Waals surface area contributed by atoms with Crippen molar-refractivity contribution in [3.8, 4) is 0 Å². The van der Waals surface area contributed by atoms with Crippen LogP contribution in [-0.2, 0) is 4.74 Å². The monoisotopic (exact) mass is 210 g/mol. The van der Waals surface area contributed by atoms with Gasteiger partial charge in [-0.1, -0.05) is 0 Å². The van der Waals surface area contributed by atoms with Crippen molar-refractivity contribution < 1.29 is 9.53 Å². The molecule has 0 bridgehead atoms. The Kier molecular flexibility index (Phi) is 2.86. The highest BCUT2D eigenvalue weighted by Crippen LogP contribution is 2.19. The fraction of sp³-hybridized carbons (Fsp3) is 0.556. The molecule has 0 saturated carbocycles. The molecule has 0 aromatic rings. The second-order valence-electron chi connectivity index (χ2n) is 3.42. The summed E-state index contributed by atoms with van der Waals surface area (Å²) in [5, 5.41) is 2.99. The van der Waals surface area contributed by atoms with E-state index in [2.05, 4.69) is 10.3 Å². The van der Waals surface area contributed by atoms with Gasteiger partial charge in [0, 0.05) is 19.0 Å². The van der Waals surface area contributed by atoms with E-state index in [0.717, 1.165) is 0 Å². The second-order valence-corrected chi connectivity index (χ2v) is 3.42. The minimum Gasteiger partial charge on any atom is -0.444 e. The van der Waals surface area contributed by atoms with E-state index in [1.165, 1.54) is 4.90 Å². The number of nitrogens with two attached hydrogens (primary N) is 1. The highest BCUT2D eigenvalue weighted by atomic mass is 16.6. The van der Waals surface area contributed by atoms with Gasteiger partial charge in [0.1, 0.15) is 6.10 Å². The summed E-state index contributed by atoms with van der Waals surface area (Å²) in [4.78, 5) is 17.1. The van der Waals surface area contributed by atoms with Crippen LogP contribution < -0.4 is 11.1 Å². The molecule has 2 heterocycles. The molecule has 2 aliphatic heterocycles. The summed E-state index contributed by atoms with van der Waals surface area (Å²) in [6, 6.07) is 0. The van der Waals surface area contributed by atoms with E-state index in [0.29, 0.717) is 31.9 Å². The number of nitrogens with zero attached hydrogens (tertiary/aromatic N) is 2. The predicted molar refractivity (Wildman–Crippen MR) is 55.2 cm³/mol. The molecule has 1 fully saturated rings. The van der Waals surface area contributed by atoms with Gasteiger partial charge in [-0.25, -0.2) is 9.79 Å². The zero-order valence-corrected chi connectivity index (χ0v) is 8.35. The molecule has 82 valence electrons. The quantitative estimate of drug-likeness (QED) is 0.666. The SMILES string of the molecule is NCCC1CN(C2=CNCC=N2)C(=O)O1. The average molecular weight is 210 g/mol. The molecule has 1 saturated heterocycles. The maximum Gasteiger partial charge on any atom is 0.415 e. The molecule has 2 rings (SSSR count). The number of hydrogen-bond acceptors (Lipinski definition) is 5. The molecule has 1 unspecified atom stereocenters. The molecular formula is C9H14N4O2. The maximum absolute atomic E-state index is 11.5. The molecule has 3 N–H and O–H groups in total. The highest BCUT2D eigenvalue weighted by Gasteiger charge is 2.33. The lowest BCUT2D eigenvalue weighted by atomic mass is 10.2. The average Bonchev–Trinajstić information content (AvgIpc) is 2.61. The van der Waals surface area contributed by atoms with Crippen molar-refractivity contribution in [1.82, 2.24) is 10.2 Å². The first kappa shape index (κ1) is 9.97. The number of carbonyl (C=O) groups is 1. The van der Waals surface area contributed by atoms with Crippen LogP contribution in [-0.4, -0.2) is 42.9 Å². The molecule has 0 aromatic heterocycles. The Bertz CT molecular complexity index is 313.